The van der Waals surface area contributed by atoms with Crippen molar-refractivity contribution in [2.75, 3.05) is 13.1 Å². The molecule has 0 radical (unpaired) electrons. The number of benzene rings is 1. The summed E-state index contributed by atoms with van der Waals surface area (Å²) >= 11 is 0. The number of rotatable bonds is 3. The molecule has 1 N–H and O–H groups in total. The van der Waals surface area contributed by atoms with Gasteiger partial charge in [0, 0.05) is 25.9 Å². The number of ether oxygens (including phenoxy) is 1. The number of alkyl halides is 6. The molecule has 0 atom stereocenters. The molecular weight excluding hydrogens is 460 g/mol. The van der Waals surface area contributed by atoms with Gasteiger partial charge in [0.1, 0.15) is 17.8 Å². The molecule has 0 spiro atoms. The standard InChI is InChI=1S/C19H15F6N5O3/c20-18(21,22)10-5-11(19(23,24)25)7-12(6-10)30-15-14(8-28-30)16(27-9-26-15)33-13-1-3-29(4-2-13)17(31)32/h5-9,13H,1-4H2,(H,31,32). The second-order valence-electron chi connectivity index (χ2n) is 7.32. The molecule has 1 saturated heterocycles. The summed E-state index contributed by atoms with van der Waals surface area (Å²) in [7, 11) is 0. The van der Waals surface area contributed by atoms with Crippen LogP contribution in [0.1, 0.15) is 24.0 Å². The van der Waals surface area contributed by atoms with Crippen LogP contribution < -0.4 is 4.74 Å². The molecule has 176 valence electrons. The first kappa shape index (κ1) is 22.6. The van der Waals surface area contributed by atoms with Gasteiger partial charge in [-0.25, -0.2) is 19.4 Å². The van der Waals surface area contributed by atoms with Gasteiger partial charge in [0.15, 0.2) is 5.65 Å². The molecule has 2 aromatic heterocycles. The first-order valence-electron chi connectivity index (χ1n) is 9.56. The molecule has 0 unspecified atom stereocenters. The van der Waals surface area contributed by atoms with Gasteiger partial charge in [-0.05, 0) is 18.2 Å². The van der Waals surface area contributed by atoms with Crippen molar-refractivity contribution < 1.29 is 41.0 Å². The average Bonchev–Trinajstić information content (AvgIpc) is 3.18. The maximum atomic E-state index is 13.2. The molecule has 3 aromatic rings. The molecule has 14 heteroatoms. The zero-order valence-corrected chi connectivity index (χ0v) is 16.6. The number of hydrogen-bond acceptors (Lipinski definition) is 5. The molecule has 1 aromatic carbocycles. The van der Waals surface area contributed by atoms with E-state index in [0.717, 1.165) is 11.0 Å². The van der Waals surface area contributed by atoms with E-state index in [1.165, 1.54) is 11.1 Å². The molecule has 1 amide bonds. The fraction of sp³-hybridized carbons (Fsp3) is 0.368. The van der Waals surface area contributed by atoms with Gasteiger partial charge in [-0.3, -0.25) is 0 Å². The van der Waals surface area contributed by atoms with Crippen molar-refractivity contribution in [1.82, 2.24) is 24.6 Å². The van der Waals surface area contributed by atoms with Gasteiger partial charge in [0.2, 0.25) is 5.88 Å². The third-order valence-corrected chi connectivity index (χ3v) is 5.14. The first-order chi connectivity index (χ1) is 15.4. The first-order valence-corrected chi connectivity index (χ1v) is 9.56. The summed E-state index contributed by atoms with van der Waals surface area (Å²) in [5.74, 6) is 0.0445. The number of carbonyl (C=O) groups is 1. The van der Waals surface area contributed by atoms with Gasteiger partial charge >= 0.3 is 18.4 Å². The predicted molar refractivity (Wildman–Crippen MR) is 99.9 cm³/mol. The summed E-state index contributed by atoms with van der Waals surface area (Å²) in [5, 5.41) is 13.1. The molecule has 3 heterocycles. The number of piperidine rings is 1. The van der Waals surface area contributed by atoms with Crippen LogP contribution in [-0.2, 0) is 12.4 Å². The molecule has 1 fully saturated rings. The lowest BCUT2D eigenvalue weighted by Gasteiger charge is -2.29. The van der Waals surface area contributed by atoms with E-state index in [0.29, 0.717) is 25.0 Å². The topological polar surface area (TPSA) is 93.4 Å². The summed E-state index contributed by atoms with van der Waals surface area (Å²) < 4.78 is 85.9. The van der Waals surface area contributed by atoms with E-state index < -0.39 is 35.3 Å². The highest BCUT2D eigenvalue weighted by Crippen LogP contribution is 2.37. The number of likely N-dealkylation sites (tertiary alicyclic amines) is 1. The minimum Gasteiger partial charge on any atom is -0.474 e. The molecule has 1 aliphatic heterocycles. The predicted octanol–water partition coefficient (Wildman–Crippen LogP) is 4.37. The van der Waals surface area contributed by atoms with Crippen LogP contribution in [-0.4, -0.2) is 55.0 Å². The second-order valence-corrected chi connectivity index (χ2v) is 7.32. The number of hydrogen-bond donors (Lipinski definition) is 1. The lowest BCUT2D eigenvalue weighted by Crippen LogP contribution is -2.41. The van der Waals surface area contributed by atoms with Crippen molar-refractivity contribution in [2.45, 2.75) is 31.3 Å². The lowest BCUT2D eigenvalue weighted by molar-refractivity contribution is -0.143. The summed E-state index contributed by atoms with van der Waals surface area (Å²) in [5.41, 5.74) is -3.49. The van der Waals surface area contributed by atoms with Crippen molar-refractivity contribution >= 4 is 17.1 Å². The van der Waals surface area contributed by atoms with Crippen molar-refractivity contribution in [3.63, 3.8) is 0 Å². The molecule has 8 nitrogen and oxygen atoms in total. The normalized spacial score (nSPS) is 15.8. The maximum absolute atomic E-state index is 13.2. The molecule has 33 heavy (non-hydrogen) atoms. The monoisotopic (exact) mass is 475 g/mol. The second kappa shape index (κ2) is 8.08. The highest BCUT2D eigenvalue weighted by Gasteiger charge is 2.37. The molecule has 4 rings (SSSR count). The summed E-state index contributed by atoms with van der Waals surface area (Å²) in [6.07, 6.45) is -8.43. The van der Waals surface area contributed by atoms with Crippen LogP contribution in [0.25, 0.3) is 16.7 Å². The largest absolute Gasteiger partial charge is 0.474 e. The van der Waals surface area contributed by atoms with Crippen LogP contribution in [0.2, 0.25) is 0 Å². The quantitative estimate of drug-likeness (QED) is 0.566. The Labute approximate surface area is 181 Å². The maximum Gasteiger partial charge on any atom is 0.416 e. The van der Waals surface area contributed by atoms with Crippen molar-refractivity contribution in [1.29, 1.82) is 0 Å². The molecular formula is C19H15F6N5O3. The Morgan fingerprint density at radius 3 is 2.15 bits per heavy atom. The van der Waals surface area contributed by atoms with E-state index in [2.05, 4.69) is 15.1 Å². The van der Waals surface area contributed by atoms with Crippen molar-refractivity contribution in [3.05, 3.63) is 41.9 Å². The summed E-state index contributed by atoms with van der Waals surface area (Å²) in [6.45, 7) is 0.496. The van der Waals surface area contributed by atoms with E-state index in [1.807, 2.05) is 0 Å². The number of amides is 1. The Kier molecular flexibility index (Phi) is 5.54. The van der Waals surface area contributed by atoms with Gasteiger partial charge in [-0.15, -0.1) is 0 Å². The zero-order valence-electron chi connectivity index (χ0n) is 16.6. The summed E-state index contributed by atoms with van der Waals surface area (Å²) in [6, 6.07) is 1.13. The van der Waals surface area contributed by atoms with E-state index >= 15 is 0 Å². The third kappa shape index (κ3) is 4.64. The number of carboxylic acid groups (broad SMARTS) is 1. The Balaban J connectivity index is 1.69. The fourth-order valence-electron chi connectivity index (χ4n) is 3.49. The zero-order chi connectivity index (χ0) is 24.0. The Bertz CT molecular complexity index is 1150. The van der Waals surface area contributed by atoms with E-state index in [-0.39, 0.29) is 42.2 Å². The summed E-state index contributed by atoms with van der Waals surface area (Å²) in [4.78, 5) is 20.2. The third-order valence-electron chi connectivity index (χ3n) is 5.14. The minimum absolute atomic E-state index is 0.0300. The minimum atomic E-state index is -5.01. The van der Waals surface area contributed by atoms with Gasteiger partial charge < -0.3 is 14.7 Å². The van der Waals surface area contributed by atoms with Gasteiger partial charge in [0.05, 0.1) is 23.0 Å². The van der Waals surface area contributed by atoms with E-state index in [9.17, 15) is 31.1 Å². The van der Waals surface area contributed by atoms with E-state index in [1.54, 1.807) is 0 Å². The molecule has 0 bridgehead atoms. The Hall–Kier alpha value is -3.58. The van der Waals surface area contributed by atoms with Crippen molar-refractivity contribution in [3.8, 4) is 11.6 Å². The Morgan fingerprint density at radius 2 is 1.61 bits per heavy atom. The molecule has 0 aliphatic carbocycles. The van der Waals surface area contributed by atoms with Gasteiger partial charge in [-0.1, -0.05) is 0 Å². The van der Waals surface area contributed by atoms with Crippen LogP contribution in [0.15, 0.2) is 30.7 Å². The van der Waals surface area contributed by atoms with Crippen LogP contribution in [0.4, 0.5) is 31.1 Å². The fourth-order valence-corrected chi connectivity index (χ4v) is 3.49. The highest BCUT2D eigenvalue weighted by atomic mass is 19.4. The van der Waals surface area contributed by atoms with Crippen LogP contribution in [0.5, 0.6) is 5.88 Å². The number of fused-ring (bicyclic) bond motifs is 1. The van der Waals surface area contributed by atoms with Crippen LogP contribution >= 0.6 is 0 Å². The number of halogens is 6. The smallest absolute Gasteiger partial charge is 0.416 e. The number of aromatic nitrogens is 4. The highest BCUT2D eigenvalue weighted by molar-refractivity contribution is 5.81. The van der Waals surface area contributed by atoms with Crippen LogP contribution in [0.3, 0.4) is 0 Å². The lowest BCUT2D eigenvalue weighted by atomic mass is 10.1. The van der Waals surface area contributed by atoms with Gasteiger partial charge in [-0.2, -0.15) is 31.4 Å². The Morgan fingerprint density at radius 1 is 1.00 bits per heavy atom. The molecule has 1 aliphatic rings. The SMILES string of the molecule is O=C(O)N1CCC(Oc2ncnc3c2cnn3-c2cc(C(F)(F)F)cc(C(F)(F)F)c2)CC1. The number of nitrogens with zero attached hydrogens (tertiary/aromatic N) is 5. The average molecular weight is 475 g/mol. The van der Waals surface area contributed by atoms with Crippen molar-refractivity contribution in [2.24, 2.45) is 0 Å². The molecule has 0 saturated carbocycles. The van der Waals surface area contributed by atoms with Gasteiger partial charge in [0.25, 0.3) is 0 Å². The van der Waals surface area contributed by atoms with Crippen LogP contribution in [0, 0.1) is 0 Å². The van der Waals surface area contributed by atoms with E-state index in [4.69, 9.17) is 9.84 Å².